The fourth-order valence-electron chi connectivity index (χ4n) is 4.62. The number of hydrogen-bond acceptors (Lipinski definition) is 6. The fraction of sp³-hybridized carbons (Fsp3) is 0.524. The highest BCUT2D eigenvalue weighted by Gasteiger charge is 2.30. The Labute approximate surface area is 177 Å². The van der Waals surface area contributed by atoms with E-state index in [1.807, 2.05) is 12.1 Å². The third-order valence-electron chi connectivity index (χ3n) is 6.29. The first-order valence-electron chi connectivity index (χ1n) is 10.2. The molecule has 2 aliphatic heterocycles. The molecule has 0 radical (unpaired) electrons. The maximum Gasteiger partial charge on any atom is 0.175 e. The minimum atomic E-state index is -3.14. The highest BCUT2D eigenvalue weighted by molar-refractivity contribution is 7.90. The Morgan fingerprint density at radius 2 is 1.45 bits per heavy atom. The van der Waals surface area contributed by atoms with Crippen molar-refractivity contribution in [3.8, 4) is 0 Å². The van der Waals surface area contributed by atoms with E-state index in [1.54, 1.807) is 24.5 Å². The van der Waals surface area contributed by atoms with Crippen molar-refractivity contribution in [3.05, 3.63) is 41.8 Å². The zero-order valence-corrected chi connectivity index (χ0v) is 18.2. The van der Waals surface area contributed by atoms with E-state index >= 15 is 0 Å². The second-order valence-corrected chi connectivity index (χ2v) is 10.5. The maximum absolute atomic E-state index is 11.6. The van der Waals surface area contributed by atoms with Gasteiger partial charge in [-0.25, -0.2) is 13.4 Å². The van der Waals surface area contributed by atoms with Crippen molar-refractivity contribution < 1.29 is 8.42 Å². The minimum absolute atomic E-state index is 0.382. The second kappa shape index (κ2) is 8.48. The lowest BCUT2D eigenvalue weighted by molar-refractivity contribution is 0.233. The summed E-state index contributed by atoms with van der Waals surface area (Å²) in [6.07, 6.45) is 9.35. The molecule has 1 aromatic carbocycles. The molecule has 0 unspecified atom stereocenters. The zero-order chi connectivity index (χ0) is 20.4. The van der Waals surface area contributed by atoms with E-state index in [2.05, 4.69) is 19.8 Å². The van der Waals surface area contributed by atoms with Gasteiger partial charge in [-0.2, -0.15) is 0 Å². The largest absolute Gasteiger partial charge is 0.372 e. The summed E-state index contributed by atoms with van der Waals surface area (Å²) in [5.74, 6) is 2.39. The van der Waals surface area contributed by atoms with E-state index in [-0.39, 0.29) is 0 Å². The molecule has 2 fully saturated rings. The lowest BCUT2D eigenvalue weighted by Crippen LogP contribution is -2.41. The molecule has 0 aliphatic carbocycles. The Morgan fingerprint density at radius 1 is 0.897 bits per heavy atom. The molecule has 2 saturated heterocycles. The van der Waals surface area contributed by atoms with Crippen molar-refractivity contribution in [2.75, 3.05) is 42.2 Å². The molecule has 6 nitrogen and oxygen atoms in total. The third kappa shape index (κ3) is 4.83. The molecule has 8 heteroatoms. The minimum Gasteiger partial charge on any atom is -0.372 e. The summed E-state index contributed by atoms with van der Waals surface area (Å²) < 4.78 is 23.3. The van der Waals surface area contributed by atoms with E-state index in [0.717, 1.165) is 49.5 Å². The van der Waals surface area contributed by atoms with Crippen LogP contribution in [0.2, 0.25) is 5.15 Å². The highest BCUT2D eigenvalue weighted by atomic mass is 35.5. The number of nitrogens with zero attached hydrogens (tertiary/aromatic N) is 4. The Bertz CT molecular complexity index is 935. The molecule has 156 valence electrons. The van der Waals surface area contributed by atoms with Crippen LogP contribution in [-0.2, 0) is 9.84 Å². The SMILES string of the molecule is CS(=O)(=O)c1ccc(N2CCC(C3CCN(c4cncc(Cl)n4)CC3)CC2)cc1. The summed E-state index contributed by atoms with van der Waals surface area (Å²) >= 11 is 5.97. The molecule has 2 aromatic rings. The number of halogens is 1. The topological polar surface area (TPSA) is 66.4 Å². The molecule has 2 aliphatic rings. The molecule has 0 N–H and O–H groups in total. The predicted molar refractivity (Wildman–Crippen MR) is 116 cm³/mol. The Balaban J connectivity index is 1.29. The van der Waals surface area contributed by atoms with Crippen LogP contribution in [0.1, 0.15) is 25.7 Å². The Kier molecular flexibility index (Phi) is 5.97. The number of hydrogen-bond donors (Lipinski definition) is 0. The van der Waals surface area contributed by atoms with Crippen molar-refractivity contribution >= 4 is 32.9 Å². The van der Waals surface area contributed by atoms with Crippen LogP contribution in [0.3, 0.4) is 0 Å². The smallest absolute Gasteiger partial charge is 0.175 e. The van der Waals surface area contributed by atoms with Gasteiger partial charge in [-0.15, -0.1) is 0 Å². The monoisotopic (exact) mass is 434 g/mol. The molecule has 0 bridgehead atoms. The van der Waals surface area contributed by atoms with Gasteiger partial charge < -0.3 is 9.80 Å². The van der Waals surface area contributed by atoms with Crippen LogP contribution in [0.15, 0.2) is 41.6 Å². The molecule has 0 atom stereocenters. The third-order valence-corrected chi connectivity index (χ3v) is 7.60. The normalized spacial score (nSPS) is 19.5. The highest BCUT2D eigenvalue weighted by Crippen LogP contribution is 2.35. The van der Waals surface area contributed by atoms with Gasteiger partial charge in [0.1, 0.15) is 11.0 Å². The van der Waals surface area contributed by atoms with Gasteiger partial charge in [0.05, 0.1) is 17.3 Å². The van der Waals surface area contributed by atoms with Crippen molar-refractivity contribution in [2.24, 2.45) is 11.8 Å². The van der Waals surface area contributed by atoms with Crippen LogP contribution in [0.5, 0.6) is 0 Å². The van der Waals surface area contributed by atoms with E-state index < -0.39 is 9.84 Å². The number of anilines is 2. The van der Waals surface area contributed by atoms with Crippen LogP contribution < -0.4 is 9.80 Å². The number of rotatable bonds is 4. The van der Waals surface area contributed by atoms with Gasteiger partial charge in [-0.3, -0.25) is 4.98 Å². The average Bonchev–Trinajstić information content (AvgIpc) is 2.74. The van der Waals surface area contributed by atoms with E-state index in [0.29, 0.717) is 10.0 Å². The summed E-state index contributed by atoms with van der Waals surface area (Å²) in [5.41, 5.74) is 1.12. The lowest BCUT2D eigenvalue weighted by Gasteiger charge is -2.41. The Hall–Kier alpha value is -1.86. The molecule has 4 rings (SSSR count). The maximum atomic E-state index is 11.6. The summed E-state index contributed by atoms with van der Waals surface area (Å²) in [7, 11) is -3.14. The van der Waals surface area contributed by atoms with Crippen LogP contribution in [0.25, 0.3) is 0 Å². The first-order valence-corrected chi connectivity index (χ1v) is 12.4. The number of benzene rings is 1. The molecule has 3 heterocycles. The quantitative estimate of drug-likeness (QED) is 0.731. The molecule has 0 spiro atoms. The lowest BCUT2D eigenvalue weighted by atomic mass is 9.78. The van der Waals surface area contributed by atoms with Crippen LogP contribution >= 0.6 is 11.6 Å². The average molecular weight is 435 g/mol. The first kappa shape index (κ1) is 20.4. The van der Waals surface area contributed by atoms with Gasteiger partial charge in [0.15, 0.2) is 9.84 Å². The summed E-state index contributed by atoms with van der Waals surface area (Å²) in [6, 6.07) is 7.29. The summed E-state index contributed by atoms with van der Waals surface area (Å²) in [6.45, 7) is 4.07. The van der Waals surface area contributed by atoms with E-state index in [4.69, 9.17) is 11.6 Å². The number of piperidine rings is 2. The molecule has 1 aromatic heterocycles. The first-order chi connectivity index (χ1) is 13.9. The van der Waals surface area contributed by atoms with Gasteiger partial charge in [0, 0.05) is 38.1 Å². The van der Waals surface area contributed by atoms with Crippen LogP contribution in [0, 0.1) is 11.8 Å². The molecular weight excluding hydrogens is 408 g/mol. The molecule has 0 amide bonds. The summed E-state index contributed by atoms with van der Waals surface area (Å²) in [4.78, 5) is 13.6. The summed E-state index contributed by atoms with van der Waals surface area (Å²) in [5, 5.41) is 0.446. The standard InChI is InChI=1S/C21H27ClN4O2S/c1-29(27,28)19-4-2-18(3-5-19)25-10-6-16(7-11-25)17-8-12-26(13-9-17)21-15-23-14-20(22)24-21/h2-5,14-17H,6-13H2,1H3. The Morgan fingerprint density at radius 3 is 1.97 bits per heavy atom. The second-order valence-electron chi connectivity index (χ2n) is 8.12. The van der Waals surface area contributed by atoms with Crippen molar-refractivity contribution in [3.63, 3.8) is 0 Å². The predicted octanol–water partition coefficient (Wildman–Crippen LogP) is 3.67. The van der Waals surface area contributed by atoms with Gasteiger partial charge >= 0.3 is 0 Å². The van der Waals surface area contributed by atoms with Gasteiger partial charge in [0.25, 0.3) is 0 Å². The van der Waals surface area contributed by atoms with Crippen molar-refractivity contribution in [1.82, 2.24) is 9.97 Å². The van der Waals surface area contributed by atoms with Crippen LogP contribution in [-0.4, -0.2) is 50.8 Å². The molecular formula is C21H27ClN4O2S. The number of sulfone groups is 1. The van der Waals surface area contributed by atoms with Gasteiger partial charge in [-0.1, -0.05) is 11.6 Å². The van der Waals surface area contributed by atoms with E-state index in [9.17, 15) is 8.42 Å². The van der Waals surface area contributed by atoms with Crippen molar-refractivity contribution in [2.45, 2.75) is 30.6 Å². The fourth-order valence-corrected chi connectivity index (χ4v) is 5.39. The van der Waals surface area contributed by atoms with E-state index in [1.165, 1.54) is 31.9 Å². The van der Waals surface area contributed by atoms with Gasteiger partial charge in [-0.05, 0) is 61.8 Å². The molecule has 0 saturated carbocycles. The van der Waals surface area contributed by atoms with Crippen LogP contribution in [0.4, 0.5) is 11.5 Å². The van der Waals surface area contributed by atoms with Crippen molar-refractivity contribution in [1.29, 1.82) is 0 Å². The number of aromatic nitrogens is 2. The zero-order valence-electron chi connectivity index (χ0n) is 16.7. The molecule has 29 heavy (non-hydrogen) atoms. The van der Waals surface area contributed by atoms with Gasteiger partial charge in [0.2, 0.25) is 0 Å².